The van der Waals surface area contributed by atoms with Gasteiger partial charge in [0.2, 0.25) is 0 Å². The summed E-state index contributed by atoms with van der Waals surface area (Å²) in [5.41, 5.74) is 9.65. The van der Waals surface area contributed by atoms with Crippen LogP contribution < -0.4 is 5.73 Å². The number of rotatable bonds is 5. The maximum atomic E-state index is 5.58. The summed E-state index contributed by atoms with van der Waals surface area (Å²) in [6.45, 7) is 1.86. The Labute approximate surface area is 103 Å². The van der Waals surface area contributed by atoms with E-state index < -0.39 is 0 Å². The SMILES string of the molecule is CN(CCc1csc(N)n1)Cc1cscn1. The van der Waals surface area contributed by atoms with Crippen LogP contribution in [-0.2, 0) is 13.0 Å². The molecule has 0 aromatic carbocycles. The molecule has 0 aliphatic heterocycles. The summed E-state index contributed by atoms with van der Waals surface area (Å²) in [5, 5.41) is 4.75. The van der Waals surface area contributed by atoms with Crippen molar-refractivity contribution in [3.8, 4) is 0 Å². The number of nitrogens with zero attached hydrogens (tertiary/aromatic N) is 3. The van der Waals surface area contributed by atoms with E-state index in [0.29, 0.717) is 5.13 Å². The van der Waals surface area contributed by atoms with E-state index in [1.54, 1.807) is 11.3 Å². The molecule has 0 atom stereocenters. The summed E-state index contributed by atoms with van der Waals surface area (Å²) in [5.74, 6) is 0. The lowest BCUT2D eigenvalue weighted by molar-refractivity contribution is 0.327. The zero-order valence-corrected chi connectivity index (χ0v) is 10.7. The molecule has 2 N–H and O–H groups in total. The number of nitrogen functional groups attached to an aromatic ring is 1. The van der Waals surface area contributed by atoms with E-state index in [1.807, 2.05) is 10.9 Å². The summed E-state index contributed by atoms with van der Waals surface area (Å²) in [4.78, 5) is 10.7. The number of hydrogen-bond acceptors (Lipinski definition) is 6. The summed E-state index contributed by atoms with van der Waals surface area (Å²) >= 11 is 3.13. The van der Waals surface area contributed by atoms with Gasteiger partial charge in [0.05, 0.1) is 16.9 Å². The van der Waals surface area contributed by atoms with Crippen LogP contribution in [-0.4, -0.2) is 28.5 Å². The lowest BCUT2D eigenvalue weighted by atomic mass is 10.3. The standard InChI is InChI=1S/C10H14N4S2/c1-14(4-9-5-15-7-12-9)3-2-8-6-16-10(11)13-8/h5-7H,2-4H2,1H3,(H2,11,13). The first-order chi connectivity index (χ1) is 7.74. The topological polar surface area (TPSA) is 55.0 Å². The van der Waals surface area contributed by atoms with E-state index in [9.17, 15) is 0 Å². The second kappa shape index (κ2) is 5.38. The molecule has 2 aromatic heterocycles. The minimum absolute atomic E-state index is 0.650. The quantitative estimate of drug-likeness (QED) is 0.885. The first-order valence-corrected chi connectivity index (χ1v) is 6.82. The molecule has 86 valence electrons. The van der Waals surface area contributed by atoms with Gasteiger partial charge in [-0.2, -0.15) is 0 Å². The average molecular weight is 254 g/mol. The van der Waals surface area contributed by atoms with E-state index in [2.05, 4.69) is 27.3 Å². The Morgan fingerprint density at radius 2 is 2.25 bits per heavy atom. The van der Waals surface area contributed by atoms with Crippen LogP contribution in [0.2, 0.25) is 0 Å². The zero-order chi connectivity index (χ0) is 11.4. The van der Waals surface area contributed by atoms with Gasteiger partial charge in [0, 0.05) is 30.3 Å². The smallest absolute Gasteiger partial charge is 0.180 e. The summed E-state index contributed by atoms with van der Waals surface area (Å²) in [7, 11) is 2.09. The Kier molecular flexibility index (Phi) is 3.87. The lowest BCUT2D eigenvalue weighted by Gasteiger charge is -2.13. The van der Waals surface area contributed by atoms with E-state index in [4.69, 9.17) is 5.73 Å². The minimum Gasteiger partial charge on any atom is -0.375 e. The molecule has 0 saturated carbocycles. The van der Waals surface area contributed by atoms with Gasteiger partial charge in [-0.25, -0.2) is 9.97 Å². The number of aromatic nitrogens is 2. The van der Waals surface area contributed by atoms with Crippen molar-refractivity contribution in [3.63, 3.8) is 0 Å². The third kappa shape index (κ3) is 3.26. The van der Waals surface area contributed by atoms with E-state index in [1.165, 1.54) is 11.3 Å². The monoisotopic (exact) mass is 254 g/mol. The minimum atomic E-state index is 0.650. The highest BCUT2D eigenvalue weighted by Crippen LogP contribution is 2.12. The van der Waals surface area contributed by atoms with E-state index in [0.717, 1.165) is 30.9 Å². The van der Waals surface area contributed by atoms with Crippen LogP contribution in [0.4, 0.5) is 5.13 Å². The number of anilines is 1. The highest BCUT2D eigenvalue weighted by atomic mass is 32.1. The van der Waals surface area contributed by atoms with Crippen LogP contribution in [0.5, 0.6) is 0 Å². The van der Waals surface area contributed by atoms with Crippen LogP contribution in [0.15, 0.2) is 16.3 Å². The molecule has 0 saturated heterocycles. The molecular formula is C10H14N4S2. The largest absolute Gasteiger partial charge is 0.375 e. The summed E-state index contributed by atoms with van der Waals surface area (Å²) in [6, 6.07) is 0. The van der Waals surface area contributed by atoms with Crippen molar-refractivity contribution < 1.29 is 0 Å². The van der Waals surface area contributed by atoms with Crippen molar-refractivity contribution in [2.24, 2.45) is 0 Å². The number of likely N-dealkylation sites (N-methyl/N-ethyl adjacent to an activating group) is 1. The fourth-order valence-electron chi connectivity index (χ4n) is 1.41. The van der Waals surface area contributed by atoms with Crippen molar-refractivity contribution in [2.75, 3.05) is 19.3 Å². The molecule has 0 aliphatic carbocycles. The Hall–Kier alpha value is -0.980. The Morgan fingerprint density at radius 1 is 1.38 bits per heavy atom. The van der Waals surface area contributed by atoms with Gasteiger partial charge in [-0.1, -0.05) is 0 Å². The van der Waals surface area contributed by atoms with Gasteiger partial charge in [-0.15, -0.1) is 22.7 Å². The second-order valence-corrected chi connectivity index (χ2v) is 5.25. The van der Waals surface area contributed by atoms with Gasteiger partial charge < -0.3 is 10.6 Å². The molecule has 0 spiro atoms. The molecule has 0 unspecified atom stereocenters. The van der Waals surface area contributed by atoms with Gasteiger partial charge >= 0.3 is 0 Å². The second-order valence-electron chi connectivity index (χ2n) is 3.64. The molecular weight excluding hydrogens is 240 g/mol. The van der Waals surface area contributed by atoms with Crippen LogP contribution >= 0.6 is 22.7 Å². The molecule has 6 heteroatoms. The van der Waals surface area contributed by atoms with Crippen LogP contribution in [0.1, 0.15) is 11.4 Å². The number of hydrogen-bond donors (Lipinski definition) is 1. The first kappa shape index (κ1) is 11.5. The fourth-order valence-corrected chi connectivity index (χ4v) is 2.56. The Morgan fingerprint density at radius 3 is 2.88 bits per heavy atom. The zero-order valence-electron chi connectivity index (χ0n) is 9.09. The molecule has 4 nitrogen and oxygen atoms in total. The molecule has 0 amide bonds. The van der Waals surface area contributed by atoms with Crippen molar-refractivity contribution in [3.05, 3.63) is 27.7 Å². The van der Waals surface area contributed by atoms with Crippen molar-refractivity contribution in [1.29, 1.82) is 0 Å². The molecule has 0 bridgehead atoms. The molecule has 2 rings (SSSR count). The maximum Gasteiger partial charge on any atom is 0.180 e. The van der Waals surface area contributed by atoms with Gasteiger partial charge in [0.1, 0.15) is 0 Å². The van der Waals surface area contributed by atoms with Crippen molar-refractivity contribution in [2.45, 2.75) is 13.0 Å². The van der Waals surface area contributed by atoms with Crippen LogP contribution in [0, 0.1) is 0 Å². The summed E-state index contributed by atoms with van der Waals surface area (Å²) < 4.78 is 0. The predicted octanol–water partition coefficient (Wildman–Crippen LogP) is 1.86. The molecule has 2 aromatic rings. The van der Waals surface area contributed by atoms with Gasteiger partial charge in [-0.05, 0) is 7.05 Å². The lowest BCUT2D eigenvalue weighted by Crippen LogP contribution is -2.20. The van der Waals surface area contributed by atoms with Crippen LogP contribution in [0.3, 0.4) is 0 Å². The molecule has 0 fully saturated rings. The molecule has 16 heavy (non-hydrogen) atoms. The third-order valence-electron chi connectivity index (χ3n) is 2.23. The maximum absolute atomic E-state index is 5.58. The number of thiazole rings is 2. The highest BCUT2D eigenvalue weighted by molar-refractivity contribution is 7.13. The Bertz CT molecular complexity index is 424. The van der Waals surface area contributed by atoms with Gasteiger partial charge in [0.25, 0.3) is 0 Å². The molecule has 0 radical (unpaired) electrons. The van der Waals surface area contributed by atoms with Gasteiger partial charge in [0.15, 0.2) is 5.13 Å². The molecule has 0 aliphatic rings. The van der Waals surface area contributed by atoms with Crippen molar-refractivity contribution >= 4 is 27.8 Å². The van der Waals surface area contributed by atoms with E-state index >= 15 is 0 Å². The van der Waals surface area contributed by atoms with Crippen molar-refractivity contribution in [1.82, 2.24) is 14.9 Å². The predicted molar refractivity (Wildman–Crippen MR) is 68.7 cm³/mol. The third-order valence-corrected chi connectivity index (χ3v) is 3.59. The summed E-state index contributed by atoms with van der Waals surface area (Å²) in [6.07, 6.45) is 0.939. The molecule has 2 heterocycles. The van der Waals surface area contributed by atoms with Crippen LogP contribution in [0.25, 0.3) is 0 Å². The Balaban J connectivity index is 1.77. The highest BCUT2D eigenvalue weighted by Gasteiger charge is 2.04. The first-order valence-electron chi connectivity index (χ1n) is 4.99. The average Bonchev–Trinajstić information content (AvgIpc) is 2.87. The van der Waals surface area contributed by atoms with Gasteiger partial charge in [-0.3, -0.25) is 0 Å². The number of nitrogens with two attached hydrogens (primary N) is 1. The van der Waals surface area contributed by atoms with E-state index in [-0.39, 0.29) is 0 Å². The fraction of sp³-hybridized carbons (Fsp3) is 0.400. The normalized spacial score (nSPS) is 11.1.